The van der Waals surface area contributed by atoms with Crippen LogP contribution in [0.1, 0.15) is 12.5 Å². The molecule has 0 bridgehead atoms. The second-order valence-corrected chi connectivity index (χ2v) is 6.10. The summed E-state index contributed by atoms with van der Waals surface area (Å²) < 4.78 is 28.2. The zero-order valence-corrected chi connectivity index (χ0v) is 13.9. The van der Waals surface area contributed by atoms with Crippen LogP contribution in [0.2, 0.25) is 0 Å². The highest BCUT2D eigenvalue weighted by Gasteiger charge is 2.35. The number of anilines is 2. The molecular formula is C19H14F2N4O2. The molecule has 0 fully saturated rings. The molecule has 8 heteroatoms. The monoisotopic (exact) mass is 368 g/mol. The van der Waals surface area contributed by atoms with Gasteiger partial charge in [0, 0.05) is 5.56 Å². The number of nitrogens with zero attached hydrogens (tertiary/aromatic N) is 2. The van der Waals surface area contributed by atoms with Crippen LogP contribution in [0.25, 0.3) is 11.1 Å². The van der Waals surface area contributed by atoms with Gasteiger partial charge in [-0.2, -0.15) is 5.10 Å². The molecule has 1 aliphatic rings. The van der Waals surface area contributed by atoms with Crippen LogP contribution < -0.4 is 10.6 Å². The molecule has 0 radical (unpaired) electrons. The minimum atomic E-state index is -0.846. The van der Waals surface area contributed by atoms with Crippen molar-refractivity contribution in [1.82, 2.24) is 9.78 Å². The molecule has 0 aliphatic carbocycles. The smallest absolute Gasteiger partial charge is 0.251 e. The summed E-state index contributed by atoms with van der Waals surface area (Å²) in [5.41, 5.74) is 1.36. The van der Waals surface area contributed by atoms with Gasteiger partial charge >= 0.3 is 0 Å². The fourth-order valence-corrected chi connectivity index (χ4v) is 2.99. The zero-order valence-electron chi connectivity index (χ0n) is 13.9. The molecule has 6 nitrogen and oxygen atoms in total. The number of carbonyl (C=O) groups excluding carboxylic acids is 2. The molecule has 2 amide bonds. The van der Waals surface area contributed by atoms with Gasteiger partial charge in [-0.25, -0.2) is 13.5 Å². The standard InChI is InChI=1S/C19H14F2N4O2/c20-12-7-5-11(6-8-12)13-10-22-25-16(19(27)24-18(13)25)9-17(26)23-15-4-2-1-3-14(15)21/h1-8,10,16H,9H2,(H,23,26)(H,24,27). The number of hydrogen-bond donors (Lipinski definition) is 2. The van der Waals surface area contributed by atoms with Crippen LogP contribution in [-0.2, 0) is 9.59 Å². The fourth-order valence-electron chi connectivity index (χ4n) is 2.99. The normalized spacial score (nSPS) is 15.3. The molecule has 1 atom stereocenters. The molecule has 0 spiro atoms. The molecule has 0 saturated heterocycles. The van der Waals surface area contributed by atoms with Gasteiger partial charge < -0.3 is 10.6 Å². The Balaban J connectivity index is 1.55. The van der Waals surface area contributed by atoms with Gasteiger partial charge in [0.15, 0.2) is 0 Å². The minimum Gasteiger partial charge on any atom is -0.324 e. The van der Waals surface area contributed by atoms with Gasteiger partial charge in [-0.15, -0.1) is 0 Å². The van der Waals surface area contributed by atoms with Crippen LogP contribution in [-0.4, -0.2) is 21.6 Å². The Morgan fingerprint density at radius 1 is 1.15 bits per heavy atom. The summed E-state index contributed by atoms with van der Waals surface area (Å²) in [4.78, 5) is 24.5. The first-order valence-electron chi connectivity index (χ1n) is 8.21. The van der Waals surface area contributed by atoms with Crippen molar-refractivity contribution in [3.05, 3.63) is 66.4 Å². The van der Waals surface area contributed by atoms with E-state index in [1.54, 1.807) is 24.4 Å². The third-order valence-electron chi connectivity index (χ3n) is 4.32. The number of nitrogens with one attached hydrogen (secondary N) is 2. The van der Waals surface area contributed by atoms with Crippen molar-refractivity contribution in [2.75, 3.05) is 10.6 Å². The second kappa shape index (κ2) is 6.64. The average molecular weight is 368 g/mol. The van der Waals surface area contributed by atoms with E-state index in [0.29, 0.717) is 16.9 Å². The number of fused-ring (bicyclic) bond motifs is 1. The molecule has 2 heterocycles. The van der Waals surface area contributed by atoms with Crippen LogP contribution in [0.4, 0.5) is 20.3 Å². The molecule has 0 saturated carbocycles. The molecule has 4 rings (SSSR count). The molecule has 2 aromatic carbocycles. The highest BCUT2D eigenvalue weighted by molar-refractivity contribution is 6.04. The maximum Gasteiger partial charge on any atom is 0.251 e. The molecule has 3 aromatic rings. The quantitative estimate of drug-likeness (QED) is 0.742. The first kappa shape index (κ1) is 16.9. The van der Waals surface area contributed by atoms with E-state index >= 15 is 0 Å². The average Bonchev–Trinajstić information content (AvgIpc) is 3.18. The van der Waals surface area contributed by atoms with Crippen molar-refractivity contribution >= 4 is 23.3 Å². The number of para-hydroxylation sites is 1. The zero-order chi connectivity index (χ0) is 19.0. The van der Waals surface area contributed by atoms with Crippen molar-refractivity contribution in [2.24, 2.45) is 0 Å². The number of carbonyl (C=O) groups is 2. The SMILES string of the molecule is O=C(CC1C(=O)Nc2c(-c3ccc(F)cc3)cnn21)Nc1ccccc1F. The van der Waals surface area contributed by atoms with Crippen LogP contribution in [0.3, 0.4) is 0 Å². The van der Waals surface area contributed by atoms with Gasteiger partial charge in [0.05, 0.1) is 18.3 Å². The number of benzene rings is 2. The van der Waals surface area contributed by atoms with Crippen LogP contribution in [0, 0.1) is 11.6 Å². The summed E-state index contributed by atoms with van der Waals surface area (Å²) in [5.74, 6) is -1.37. The Hall–Kier alpha value is -3.55. The minimum absolute atomic E-state index is 0.0496. The van der Waals surface area contributed by atoms with Crippen LogP contribution >= 0.6 is 0 Å². The maximum atomic E-state index is 13.7. The van der Waals surface area contributed by atoms with Crippen molar-refractivity contribution in [3.63, 3.8) is 0 Å². The van der Waals surface area contributed by atoms with Gasteiger partial charge in [0.25, 0.3) is 5.91 Å². The number of amides is 2. The predicted octanol–water partition coefficient (Wildman–Crippen LogP) is 3.35. The van der Waals surface area contributed by atoms with Crippen molar-refractivity contribution < 1.29 is 18.4 Å². The van der Waals surface area contributed by atoms with Gasteiger partial charge in [0.2, 0.25) is 5.91 Å². The Bertz CT molecular complexity index is 1030. The Labute approximate surface area is 152 Å². The number of halogens is 2. The lowest BCUT2D eigenvalue weighted by Crippen LogP contribution is -2.23. The summed E-state index contributed by atoms with van der Waals surface area (Å²) in [6, 6.07) is 10.7. The van der Waals surface area contributed by atoms with Crippen LogP contribution in [0.5, 0.6) is 0 Å². The van der Waals surface area contributed by atoms with E-state index in [-0.39, 0.29) is 23.8 Å². The summed E-state index contributed by atoms with van der Waals surface area (Å²) >= 11 is 0. The largest absolute Gasteiger partial charge is 0.324 e. The highest BCUT2D eigenvalue weighted by atomic mass is 19.1. The van der Waals surface area contributed by atoms with Crippen molar-refractivity contribution in [1.29, 1.82) is 0 Å². The lowest BCUT2D eigenvalue weighted by atomic mass is 10.1. The van der Waals surface area contributed by atoms with Crippen molar-refractivity contribution in [3.8, 4) is 11.1 Å². The Morgan fingerprint density at radius 2 is 1.89 bits per heavy atom. The van der Waals surface area contributed by atoms with E-state index in [0.717, 1.165) is 0 Å². The Morgan fingerprint density at radius 3 is 2.63 bits per heavy atom. The second-order valence-electron chi connectivity index (χ2n) is 6.10. The molecule has 2 N–H and O–H groups in total. The lowest BCUT2D eigenvalue weighted by Gasteiger charge is -2.10. The summed E-state index contributed by atoms with van der Waals surface area (Å²) in [7, 11) is 0. The third kappa shape index (κ3) is 3.17. The van der Waals surface area contributed by atoms with Crippen LogP contribution in [0.15, 0.2) is 54.7 Å². The summed E-state index contributed by atoms with van der Waals surface area (Å²) in [6.07, 6.45) is 1.35. The molecule has 27 heavy (non-hydrogen) atoms. The molecule has 1 aliphatic heterocycles. The summed E-state index contributed by atoms with van der Waals surface area (Å²) in [6.45, 7) is 0. The Kier molecular flexibility index (Phi) is 4.15. The first-order valence-corrected chi connectivity index (χ1v) is 8.21. The van der Waals surface area contributed by atoms with E-state index < -0.39 is 17.8 Å². The van der Waals surface area contributed by atoms with Crippen molar-refractivity contribution in [2.45, 2.75) is 12.5 Å². The van der Waals surface area contributed by atoms with E-state index in [1.807, 2.05) is 0 Å². The molecular weight excluding hydrogens is 354 g/mol. The first-order chi connectivity index (χ1) is 13.0. The predicted molar refractivity (Wildman–Crippen MR) is 94.9 cm³/mol. The highest BCUT2D eigenvalue weighted by Crippen LogP contribution is 2.35. The third-order valence-corrected chi connectivity index (χ3v) is 4.32. The molecule has 136 valence electrons. The number of rotatable bonds is 4. The van der Waals surface area contributed by atoms with Gasteiger partial charge in [-0.05, 0) is 29.8 Å². The molecule has 1 unspecified atom stereocenters. The number of aromatic nitrogens is 2. The fraction of sp³-hybridized carbons (Fsp3) is 0.105. The maximum absolute atomic E-state index is 13.7. The molecule has 1 aromatic heterocycles. The van der Waals surface area contributed by atoms with E-state index in [9.17, 15) is 18.4 Å². The van der Waals surface area contributed by atoms with E-state index in [2.05, 4.69) is 15.7 Å². The lowest BCUT2D eigenvalue weighted by molar-refractivity contribution is -0.123. The van der Waals surface area contributed by atoms with E-state index in [1.165, 1.54) is 35.0 Å². The summed E-state index contributed by atoms with van der Waals surface area (Å²) in [5, 5.41) is 9.35. The van der Waals surface area contributed by atoms with E-state index in [4.69, 9.17) is 0 Å². The van der Waals surface area contributed by atoms with Gasteiger partial charge in [0.1, 0.15) is 23.5 Å². The van der Waals surface area contributed by atoms with Gasteiger partial charge in [-0.3, -0.25) is 9.59 Å². The van der Waals surface area contributed by atoms with Gasteiger partial charge in [-0.1, -0.05) is 24.3 Å². The number of hydrogen-bond acceptors (Lipinski definition) is 3. The topological polar surface area (TPSA) is 76.0 Å².